The molecule has 0 saturated heterocycles. The first-order valence-corrected chi connectivity index (χ1v) is 11.9. The van der Waals surface area contributed by atoms with Crippen molar-refractivity contribution >= 4 is 22.9 Å². The number of quaternary nitrogens is 1. The molecular formula is C25H30N3O3S+. The van der Waals surface area contributed by atoms with E-state index >= 15 is 0 Å². The number of benzene rings is 1. The zero-order valence-corrected chi connectivity index (χ0v) is 20.1. The van der Waals surface area contributed by atoms with Gasteiger partial charge in [0.15, 0.2) is 5.75 Å². The van der Waals surface area contributed by atoms with E-state index in [1.165, 1.54) is 21.6 Å². The molecule has 2 aromatic heterocycles. The first-order valence-electron chi connectivity index (χ1n) is 11.0. The molecule has 0 fully saturated rings. The number of carbonyl (C=O) groups excluding carboxylic acids is 1. The molecule has 0 radical (unpaired) electrons. The summed E-state index contributed by atoms with van der Waals surface area (Å²) in [7, 11) is 3.34. The Labute approximate surface area is 192 Å². The van der Waals surface area contributed by atoms with Gasteiger partial charge in [-0.05, 0) is 62.3 Å². The molecule has 0 aliphatic carbocycles. The summed E-state index contributed by atoms with van der Waals surface area (Å²) >= 11 is 1.74. The minimum atomic E-state index is -0.205. The molecule has 32 heavy (non-hydrogen) atoms. The number of methoxy groups -OCH3 is 1. The fourth-order valence-electron chi connectivity index (χ4n) is 5.14. The van der Waals surface area contributed by atoms with Crippen LogP contribution in [0, 0.1) is 0 Å². The van der Waals surface area contributed by atoms with E-state index in [9.17, 15) is 4.79 Å². The van der Waals surface area contributed by atoms with Crippen LogP contribution in [0.3, 0.4) is 0 Å². The summed E-state index contributed by atoms with van der Waals surface area (Å²) in [6, 6.07) is 8.53. The van der Waals surface area contributed by atoms with Crippen LogP contribution >= 0.6 is 11.3 Å². The minimum absolute atomic E-state index is 0.142. The first kappa shape index (κ1) is 21.2. The minimum Gasteiger partial charge on any atom is -0.491 e. The average Bonchev–Trinajstić information content (AvgIpc) is 3.38. The molecule has 2 aliphatic rings. The van der Waals surface area contributed by atoms with Gasteiger partial charge in [-0.1, -0.05) is 6.07 Å². The van der Waals surface area contributed by atoms with E-state index in [0.29, 0.717) is 0 Å². The number of amides is 1. The van der Waals surface area contributed by atoms with Gasteiger partial charge >= 0.3 is 0 Å². The van der Waals surface area contributed by atoms with Crippen molar-refractivity contribution in [2.75, 3.05) is 20.8 Å². The lowest BCUT2D eigenvalue weighted by Gasteiger charge is -2.39. The Bertz CT molecular complexity index is 1190. The lowest BCUT2D eigenvalue weighted by atomic mass is 9.92. The predicted molar refractivity (Wildman–Crippen MR) is 127 cm³/mol. The molecule has 0 bridgehead atoms. The number of carbonyl (C=O) groups is 1. The molecule has 6 nitrogen and oxygen atoms in total. The predicted octanol–water partition coefficient (Wildman–Crippen LogP) is 4.00. The molecule has 168 valence electrons. The summed E-state index contributed by atoms with van der Waals surface area (Å²) in [6.45, 7) is 7.88. The van der Waals surface area contributed by atoms with Crippen LogP contribution < -0.4 is 10.2 Å². The molecule has 0 spiro atoms. The van der Waals surface area contributed by atoms with Crippen molar-refractivity contribution in [3.8, 4) is 27.4 Å². The second-order valence-electron chi connectivity index (χ2n) is 9.41. The molecule has 3 aromatic rings. The number of nitrogens with two attached hydrogens (primary N) is 1. The van der Waals surface area contributed by atoms with E-state index in [1.54, 1.807) is 31.0 Å². The van der Waals surface area contributed by atoms with Crippen molar-refractivity contribution in [1.29, 1.82) is 0 Å². The Balaban J connectivity index is 1.79. The summed E-state index contributed by atoms with van der Waals surface area (Å²) in [5.41, 5.74) is 9.24. The summed E-state index contributed by atoms with van der Waals surface area (Å²) in [5, 5.41) is 2.11. The lowest BCUT2D eigenvalue weighted by Crippen LogP contribution is -2.76. The third-order valence-electron chi connectivity index (χ3n) is 6.53. The van der Waals surface area contributed by atoms with E-state index in [2.05, 4.69) is 55.0 Å². The fraction of sp³-hybridized carbons (Fsp3) is 0.400. The van der Waals surface area contributed by atoms with E-state index in [0.717, 1.165) is 54.3 Å². The van der Waals surface area contributed by atoms with Gasteiger partial charge in [-0.15, -0.1) is 11.3 Å². The fourth-order valence-corrected chi connectivity index (χ4v) is 5.93. The van der Waals surface area contributed by atoms with E-state index < -0.39 is 0 Å². The number of thiophene rings is 1. The molecule has 1 amide bonds. The van der Waals surface area contributed by atoms with Crippen molar-refractivity contribution in [1.82, 2.24) is 9.47 Å². The maximum Gasteiger partial charge on any atom is 0.271 e. The van der Waals surface area contributed by atoms with Crippen LogP contribution in [0.5, 0.6) is 5.75 Å². The number of rotatable bonds is 4. The normalized spacial score (nSPS) is 15.4. The van der Waals surface area contributed by atoms with Crippen molar-refractivity contribution in [2.45, 2.75) is 45.7 Å². The van der Waals surface area contributed by atoms with Crippen molar-refractivity contribution < 1.29 is 19.8 Å². The van der Waals surface area contributed by atoms with Gasteiger partial charge in [0.25, 0.3) is 5.91 Å². The van der Waals surface area contributed by atoms with Gasteiger partial charge < -0.3 is 14.2 Å². The standard InChI is InChI=1S/C25H29N3O3S/c1-25(2,3)28-11-9-16-21(20-7-6-12-32-20)22-17-14-18(26-31-5)19(30-4)13-15(17)8-10-27(22)23(16)24(28)29/h6-7,12-14,26H,8-11H2,1-5H3/p+1. The third kappa shape index (κ3) is 3.18. The molecule has 5 rings (SSSR count). The Hall–Kier alpha value is -2.61. The van der Waals surface area contributed by atoms with Gasteiger partial charge in [0.2, 0.25) is 5.69 Å². The second kappa shape index (κ2) is 7.76. The average molecular weight is 453 g/mol. The maximum atomic E-state index is 13.8. The Morgan fingerprint density at radius 2 is 1.91 bits per heavy atom. The van der Waals surface area contributed by atoms with Gasteiger partial charge in [0, 0.05) is 40.7 Å². The molecule has 0 saturated carbocycles. The Morgan fingerprint density at radius 1 is 1.09 bits per heavy atom. The molecule has 4 heterocycles. The van der Waals surface area contributed by atoms with E-state index in [1.807, 2.05) is 4.90 Å². The number of nitrogens with zero attached hydrogens (tertiary/aromatic N) is 2. The van der Waals surface area contributed by atoms with Crippen LogP contribution in [-0.4, -0.2) is 41.7 Å². The Morgan fingerprint density at radius 3 is 2.56 bits per heavy atom. The number of fused-ring (bicyclic) bond motifs is 5. The molecule has 0 unspecified atom stereocenters. The summed E-state index contributed by atoms with van der Waals surface area (Å²) < 4.78 is 7.90. The molecule has 2 N–H and O–H groups in total. The van der Waals surface area contributed by atoms with Gasteiger partial charge in [0.05, 0.1) is 19.9 Å². The highest BCUT2D eigenvalue weighted by Gasteiger charge is 2.40. The summed E-state index contributed by atoms with van der Waals surface area (Å²) in [5.74, 6) is 0.950. The number of hydrogen-bond donors (Lipinski definition) is 1. The number of aromatic nitrogens is 1. The van der Waals surface area contributed by atoms with Crippen molar-refractivity contribution in [2.24, 2.45) is 0 Å². The van der Waals surface area contributed by atoms with Gasteiger partial charge in [-0.25, -0.2) is 4.84 Å². The topological polar surface area (TPSA) is 60.3 Å². The van der Waals surface area contributed by atoms with Crippen LogP contribution in [0.25, 0.3) is 21.7 Å². The monoisotopic (exact) mass is 452 g/mol. The van der Waals surface area contributed by atoms with Gasteiger partial charge in [-0.3, -0.25) is 4.79 Å². The van der Waals surface area contributed by atoms with Crippen LogP contribution in [0.15, 0.2) is 29.6 Å². The molecular weight excluding hydrogens is 422 g/mol. The van der Waals surface area contributed by atoms with Crippen LogP contribution in [0.2, 0.25) is 0 Å². The summed E-state index contributed by atoms with van der Waals surface area (Å²) in [6.07, 6.45) is 1.73. The zero-order valence-electron chi connectivity index (χ0n) is 19.3. The van der Waals surface area contributed by atoms with Crippen LogP contribution in [0.1, 0.15) is 42.4 Å². The smallest absolute Gasteiger partial charge is 0.271 e. The van der Waals surface area contributed by atoms with Crippen molar-refractivity contribution in [3.05, 3.63) is 46.5 Å². The molecule has 2 aliphatic heterocycles. The van der Waals surface area contributed by atoms with E-state index in [-0.39, 0.29) is 11.4 Å². The Kier molecular flexibility index (Phi) is 5.15. The number of aryl methyl sites for hydroxylation is 1. The van der Waals surface area contributed by atoms with Gasteiger partial charge in [0.1, 0.15) is 5.69 Å². The quantitative estimate of drug-likeness (QED) is 0.481. The largest absolute Gasteiger partial charge is 0.491 e. The number of hydrogen-bond acceptors (Lipinski definition) is 4. The highest BCUT2D eigenvalue weighted by Crippen LogP contribution is 2.47. The highest BCUT2D eigenvalue weighted by molar-refractivity contribution is 7.13. The van der Waals surface area contributed by atoms with Crippen LogP contribution in [0.4, 0.5) is 5.69 Å². The van der Waals surface area contributed by atoms with Gasteiger partial charge in [-0.2, -0.15) is 5.48 Å². The summed E-state index contributed by atoms with van der Waals surface area (Å²) in [4.78, 5) is 22.3. The first-order chi connectivity index (χ1) is 15.3. The van der Waals surface area contributed by atoms with Crippen LogP contribution in [-0.2, 0) is 24.2 Å². The number of ether oxygens (including phenoxy) is 1. The zero-order chi connectivity index (χ0) is 22.6. The molecule has 0 atom stereocenters. The molecule has 1 aromatic carbocycles. The second-order valence-corrected chi connectivity index (χ2v) is 10.4. The van der Waals surface area contributed by atoms with E-state index in [4.69, 9.17) is 9.57 Å². The van der Waals surface area contributed by atoms with Crippen molar-refractivity contribution in [3.63, 3.8) is 0 Å². The SMILES string of the molecule is CO[NH2+]c1cc2c(cc1OC)CCn1c3c(c(-c4cccs4)c1-2)CCN(C(C)(C)C)C3=O. The highest BCUT2D eigenvalue weighted by atomic mass is 32.1. The third-order valence-corrected chi connectivity index (χ3v) is 7.42. The maximum absolute atomic E-state index is 13.8. The lowest BCUT2D eigenvalue weighted by molar-refractivity contribution is -0.830. The molecule has 7 heteroatoms.